The van der Waals surface area contributed by atoms with Crippen molar-refractivity contribution in [1.82, 2.24) is 4.90 Å². The number of rotatable bonds is 5. The van der Waals surface area contributed by atoms with E-state index in [0.717, 1.165) is 32.5 Å². The van der Waals surface area contributed by atoms with Crippen LogP contribution in [0.2, 0.25) is 0 Å². The summed E-state index contributed by atoms with van der Waals surface area (Å²) >= 11 is 0. The Bertz CT molecular complexity index is 343. The lowest BCUT2D eigenvalue weighted by molar-refractivity contribution is -0.0270. The van der Waals surface area contributed by atoms with Crippen molar-refractivity contribution in [2.24, 2.45) is 0 Å². The Labute approximate surface area is 111 Å². The van der Waals surface area contributed by atoms with Crippen LogP contribution in [-0.4, -0.2) is 28.7 Å². The lowest BCUT2D eigenvalue weighted by atomic mass is 9.84. The summed E-state index contributed by atoms with van der Waals surface area (Å²) in [6.07, 6.45) is 5.59. The van der Waals surface area contributed by atoms with Crippen molar-refractivity contribution in [1.29, 1.82) is 0 Å². The first-order valence-electron chi connectivity index (χ1n) is 7.20. The topological polar surface area (TPSA) is 23.5 Å². The molecule has 1 saturated carbocycles. The fraction of sp³-hybridized carbons (Fsp3) is 0.625. The van der Waals surface area contributed by atoms with E-state index in [1.807, 2.05) is 0 Å². The summed E-state index contributed by atoms with van der Waals surface area (Å²) in [6, 6.07) is 10.5. The molecule has 2 heteroatoms. The van der Waals surface area contributed by atoms with Gasteiger partial charge in [-0.05, 0) is 24.9 Å². The molecule has 1 aliphatic rings. The van der Waals surface area contributed by atoms with E-state index in [4.69, 9.17) is 0 Å². The van der Waals surface area contributed by atoms with Gasteiger partial charge in [0, 0.05) is 13.1 Å². The van der Waals surface area contributed by atoms with Crippen LogP contribution in [0.3, 0.4) is 0 Å². The standard InChI is InChI=1S/C16H25NO/c1-2-17(13-15-9-5-3-6-10-15)14-16(18)11-7-4-8-12-16/h3,5-6,9-10,18H,2,4,7-8,11-14H2,1H3. The molecular weight excluding hydrogens is 222 g/mol. The van der Waals surface area contributed by atoms with Gasteiger partial charge in [-0.1, -0.05) is 56.5 Å². The van der Waals surface area contributed by atoms with Gasteiger partial charge in [0.25, 0.3) is 0 Å². The zero-order valence-electron chi connectivity index (χ0n) is 11.4. The monoisotopic (exact) mass is 247 g/mol. The molecule has 18 heavy (non-hydrogen) atoms. The summed E-state index contributed by atoms with van der Waals surface area (Å²) in [5.41, 5.74) is 0.891. The van der Waals surface area contributed by atoms with Gasteiger partial charge in [0.1, 0.15) is 0 Å². The van der Waals surface area contributed by atoms with E-state index in [-0.39, 0.29) is 0 Å². The van der Waals surface area contributed by atoms with E-state index in [1.165, 1.54) is 24.8 Å². The van der Waals surface area contributed by atoms with Crippen LogP contribution in [-0.2, 0) is 6.54 Å². The average Bonchev–Trinajstić information content (AvgIpc) is 2.40. The van der Waals surface area contributed by atoms with Crippen molar-refractivity contribution in [2.75, 3.05) is 13.1 Å². The van der Waals surface area contributed by atoms with Crippen molar-refractivity contribution in [3.63, 3.8) is 0 Å². The molecule has 2 nitrogen and oxygen atoms in total. The summed E-state index contributed by atoms with van der Waals surface area (Å²) in [6.45, 7) is 4.93. The van der Waals surface area contributed by atoms with Crippen LogP contribution in [0.1, 0.15) is 44.6 Å². The molecule has 0 heterocycles. The molecule has 1 aliphatic carbocycles. The first-order valence-corrected chi connectivity index (χ1v) is 7.20. The van der Waals surface area contributed by atoms with Crippen molar-refractivity contribution < 1.29 is 5.11 Å². The molecule has 1 aromatic carbocycles. The fourth-order valence-electron chi connectivity index (χ4n) is 2.91. The second-order valence-electron chi connectivity index (χ2n) is 5.57. The van der Waals surface area contributed by atoms with Crippen molar-refractivity contribution in [3.05, 3.63) is 35.9 Å². The van der Waals surface area contributed by atoms with Gasteiger partial charge in [-0.2, -0.15) is 0 Å². The third-order valence-electron chi connectivity index (χ3n) is 4.00. The Morgan fingerprint density at radius 2 is 1.78 bits per heavy atom. The Morgan fingerprint density at radius 1 is 1.11 bits per heavy atom. The molecular formula is C16H25NO. The Morgan fingerprint density at radius 3 is 2.39 bits per heavy atom. The van der Waals surface area contributed by atoms with E-state index in [2.05, 4.69) is 42.2 Å². The maximum atomic E-state index is 10.6. The van der Waals surface area contributed by atoms with E-state index in [1.54, 1.807) is 0 Å². The molecule has 0 atom stereocenters. The van der Waals surface area contributed by atoms with Gasteiger partial charge >= 0.3 is 0 Å². The third kappa shape index (κ3) is 3.82. The summed E-state index contributed by atoms with van der Waals surface area (Å²) in [5.74, 6) is 0. The van der Waals surface area contributed by atoms with E-state index >= 15 is 0 Å². The largest absolute Gasteiger partial charge is 0.389 e. The van der Waals surface area contributed by atoms with Crippen LogP contribution in [0.15, 0.2) is 30.3 Å². The van der Waals surface area contributed by atoms with Crippen molar-refractivity contribution in [3.8, 4) is 0 Å². The smallest absolute Gasteiger partial charge is 0.0774 e. The molecule has 0 unspecified atom stereocenters. The zero-order valence-corrected chi connectivity index (χ0v) is 11.4. The van der Waals surface area contributed by atoms with Crippen LogP contribution in [0.25, 0.3) is 0 Å². The van der Waals surface area contributed by atoms with Crippen molar-refractivity contribution >= 4 is 0 Å². The normalized spacial score (nSPS) is 19.1. The first-order chi connectivity index (χ1) is 8.72. The molecule has 1 aromatic rings. The van der Waals surface area contributed by atoms with Gasteiger partial charge in [-0.25, -0.2) is 0 Å². The molecule has 0 amide bonds. The zero-order chi connectivity index (χ0) is 12.8. The highest BCUT2D eigenvalue weighted by Crippen LogP contribution is 2.29. The second-order valence-corrected chi connectivity index (χ2v) is 5.57. The van der Waals surface area contributed by atoms with Crippen LogP contribution < -0.4 is 0 Å². The molecule has 0 radical (unpaired) electrons. The van der Waals surface area contributed by atoms with Gasteiger partial charge in [0.15, 0.2) is 0 Å². The number of nitrogens with zero attached hydrogens (tertiary/aromatic N) is 1. The van der Waals surface area contributed by atoms with Gasteiger partial charge in [-0.3, -0.25) is 4.90 Å². The second kappa shape index (κ2) is 6.35. The SMILES string of the molecule is CCN(Cc1ccccc1)CC1(O)CCCCC1. The van der Waals surface area contributed by atoms with Gasteiger partial charge in [0.05, 0.1) is 5.60 Å². The number of benzene rings is 1. The highest BCUT2D eigenvalue weighted by atomic mass is 16.3. The average molecular weight is 247 g/mol. The molecule has 1 N–H and O–H groups in total. The first kappa shape index (κ1) is 13.6. The highest BCUT2D eigenvalue weighted by molar-refractivity contribution is 5.14. The molecule has 0 aromatic heterocycles. The minimum Gasteiger partial charge on any atom is -0.389 e. The number of aliphatic hydroxyl groups is 1. The summed E-state index contributed by atoms with van der Waals surface area (Å²) in [4.78, 5) is 2.36. The van der Waals surface area contributed by atoms with E-state index in [9.17, 15) is 5.11 Å². The quantitative estimate of drug-likeness (QED) is 0.863. The minimum atomic E-state index is -0.441. The summed E-state index contributed by atoms with van der Waals surface area (Å²) in [7, 11) is 0. The number of likely N-dealkylation sites (N-methyl/N-ethyl adjacent to an activating group) is 1. The Kier molecular flexibility index (Phi) is 4.79. The molecule has 0 aliphatic heterocycles. The molecule has 0 bridgehead atoms. The maximum Gasteiger partial charge on any atom is 0.0774 e. The Balaban J connectivity index is 1.92. The van der Waals surface area contributed by atoms with Crippen LogP contribution >= 0.6 is 0 Å². The van der Waals surface area contributed by atoms with Crippen LogP contribution in [0, 0.1) is 0 Å². The number of hydrogen-bond acceptors (Lipinski definition) is 2. The predicted molar refractivity (Wildman–Crippen MR) is 75.4 cm³/mol. The predicted octanol–water partition coefficient (Wildman–Crippen LogP) is 3.20. The van der Waals surface area contributed by atoms with Gasteiger partial charge in [0.2, 0.25) is 0 Å². The maximum absolute atomic E-state index is 10.6. The number of hydrogen-bond donors (Lipinski definition) is 1. The highest BCUT2D eigenvalue weighted by Gasteiger charge is 2.30. The fourth-order valence-corrected chi connectivity index (χ4v) is 2.91. The molecule has 0 saturated heterocycles. The Hall–Kier alpha value is -0.860. The van der Waals surface area contributed by atoms with Gasteiger partial charge < -0.3 is 5.11 Å². The van der Waals surface area contributed by atoms with Crippen molar-refractivity contribution in [2.45, 2.75) is 51.2 Å². The lowest BCUT2D eigenvalue weighted by Crippen LogP contribution is -2.44. The van der Waals surface area contributed by atoms with E-state index < -0.39 is 5.60 Å². The van der Waals surface area contributed by atoms with Crippen LogP contribution in [0.5, 0.6) is 0 Å². The van der Waals surface area contributed by atoms with Crippen LogP contribution in [0.4, 0.5) is 0 Å². The molecule has 100 valence electrons. The summed E-state index contributed by atoms with van der Waals surface area (Å²) in [5, 5.41) is 10.6. The lowest BCUT2D eigenvalue weighted by Gasteiger charge is -2.36. The molecule has 0 spiro atoms. The van der Waals surface area contributed by atoms with Gasteiger partial charge in [-0.15, -0.1) is 0 Å². The molecule has 1 fully saturated rings. The minimum absolute atomic E-state index is 0.441. The summed E-state index contributed by atoms with van der Waals surface area (Å²) < 4.78 is 0. The third-order valence-corrected chi connectivity index (χ3v) is 4.00. The molecule has 2 rings (SSSR count). The van der Waals surface area contributed by atoms with E-state index in [0.29, 0.717) is 0 Å².